The third-order valence-corrected chi connectivity index (χ3v) is 4.92. The Bertz CT molecular complexity index is 1060. The largest absolute Gasteiger partial charge is 0.507 e. The summed E-state index contributed by atoms with van der Waals surface area (Å²) in [6, 6.07) is 18.7. The Morgan fingerprint density at radius 3 is 2.50 bits per heavy atom. The van der Waals surface area contributed by atoms with Crippen LogP contribution in [0.15, 0.2) is 65.5 Å². The Balaban J connectivity index is 1.94. The van der Waals surface area contributed by atoms with Crippen LogP contribution in [0, 0.1) is 6.92 Å². The summed E-state index contributed by atoms with van der Waals surface area (Å²) in [6.07, 6.45) is 0.614. The average Bonchev–Trinajstić information content (AvgIpc) is 2.73. The lowest BCUT2D eigenvalue weighted by molar-refractivity contribution is -0.140. The van der Waals surface area contributed by atoms with Crippen molar-refractivity contribution in [1.29, 1.82) is 0 Å². The number of nitrogens with one attached hydrogen (secondary N) is 1. The average molecular weight is 407 g/mol. The molecule has 0 aliphatic rings. The summed E-state index contributed by atoms with van der Waals surface area (Å²) in [6.45, 7) is 2.11. The number of para-hydroxylation sites is 1. The molecule has 30 heavy (non-hydrogen) atoms. The zero-order chi connectivity index (χ0) is 21.5. The Hall–Kier alpha value is -3.54. The van der Waals surface area contributed by atoms with Crippen molar-refractivity contribution in [3.63, 3.8) is 0 Å². The second kappa shape index (κ2) is 9.78. The predicted octanol–water partition coefficient (Wildman–Crippen LogP) is 3.71. The Morgan fingerprint density at radius 1 is 1.10 bits per heavy atom. The normalized spacial score (nSPS) is 11.7. The third kappa shape index (κ3) is 5.08. The van der Waals surface area contributed by atoms with Crippen molar-refractivity contribution in [2.24, 2.45) is 0 Å². The van der Waals surface area contributed by atoms with Crippen molar-refractivity contribution in [2.45, 2.75) is 25.7 Å². The molecule has 0 saturated heterocycles. The number of rotatable bonds is 8. The van der Waals surface area contributed by atoms with E-state index in [2.05, 4.69) is 4.98 Å². The van der Waals surface area contributed by atoms with Gasteiger partial charge < -0.3 is 19.6 Å². The van der Waals surface area contributed by atoms with Gasteiger partial charge in [-0.2, -0.15) is 0 Å². The molecule has 3 aromatic rings. The highest BCUT2D eigenvalue weighted by molar-refractivity contribution is 5.72. The van der Waals surface area contributed by atoms with Crippen molar-refractivity contribution < 1.29 is 19.4 Å². The number of hydrogen-bond donors (Lipinski definition) is 2. The maximum Gasteiger partial charge on any atom is 0.306 e. The molecular weight excluding hydrogens is 382 g/mol. The number of aromatic hydroxyl groups is 1. The molecule has 156 valence electrons. The number of benzene rings is 2. The van der Waals surface area contributed by atoms with E-state index in [4.69, 9.17) is 9.47 Å². The predicted molar refractivity (Wildman–Crippen MR) is 114 cm³/mol. The molecular formula is C24H25NO5. The van der Waals surface area contributed by atoms with Gasteiger partial charge in [-0.15, -0.1) is 0 Å². The topological polar surface area (TPSA) is 88.6 Å². The fourth-order valence-electron chi connectivity index (χ4n) is 3.46. The Morgan fingerprint density at radius 2 is 1.80 bits per heavy atom. The first-order valence-corrected chi connectivity index (χ1v) is 9.75. The van der Waals surface area contributed by atoms with Gasteiger partial charge in [0.2, 0.25) is 0 Å². The van der Waals surface area contributed by atoms with Crippen LogP contribution >= 0.6 is 0 Å². The lowest BCUT2D eigenvalue weighted by Gasteiger charge is -2.21. The molecule has 0 radical (unpaired) electrons. The number of aryl methyl sites for hydroxylation is 1. The van der Waals surface area contributed by atoms with Crippen LogP contribution in [0.1, 0.15) is 34.7 Å². The minimum Gasteiger partial charge on any atom is -0.507 e. The molecule has 0 spiro atoms. The summed E-state index contributed by atoms with van der Waals surface area (Å²) in [7, 11) is 1.29. The smallest absolute Gasteiger partial charge is 0.306 e. The fourth-order valence-corrected chi connectivity index (χ4v) is 3.46. The van der Waals surface area contributed by atoms with Crippen molar-refractivity contribution in [3.8, 4) is 11.5 Å². The number of H-pyrrole nitrogens is 1. The summed E-state index contributed by atoms with van der Waals surface area (Å²) in [5.41, 5.74) is 1.99. The summed E-state index contributed by atoms with van der Waals surface area (Å²) >= 11 is 0. The Labute approximate surface area is 175 Å². The zero-order valence-corrected chi connectivity index (χ0v) is 17.1. The van der Waals surface area contributed by atoms with Gasteiger partial charge in [0.15, 0.2) is 0 Å². The van der Waals surface area contributed by atoms with Gasteiger partial charge >= 0.3 is 5.97 Å². The van der Waals surface area contributed by atoms with E-state index in [1.807, 2.05) is 42.5 Å². The quantitative estimate of drug-likeness (QED) is 0.556. The molecule has 2 N–H and O–H groups in total. The first kappa shape index (κ1) is 21.2. The lowest BCUT2D eigenvalue weighted by atomic mass is 9.88. The molecule has 6 heteroatoms. The molecule has 1 heterocycles. The number of ether oxygens (including phenoxy) is 2. The highest BCUT2D eigenvalue weighted by Gasteiger charge is 2.27. The number of carbonyl (C=O) groups excluding carboxylic acids is 1. The van der Waals surface area contributed by atoms with Gasteiger partial charge in [-0.05, 0) is 24.6 Å². The van der Waals surface area contributed by atoms with Crippen LogP contribution in [0.25, 0.3) is 0 Å². The van der Waals surface area contributed by atoms with Crippen molar-refractivity contribution in [2.75, 3.05) is 13.7 Å². The van der Waals surface area contributed by atoms with Gasteiger partial charge in [0.05, 0.1) is 25.7 Å². The second-order valence-electron chi connectivity index (χ2n) is 7.04. The number of hydrogen-bond acceptors (Lipinski definition) is 5. The molecule has 0 fully saturated rings. The molecule has 6 nitrogen and oxygen atoms in total. The van der Waals surface area contributed by atoms with Crippen LogP contribution in [-0.2, 0) is 16.0 Å². The molecule has 1 aromatic heterocycles. The first-order valence-electron chi connectivity index (χ1n) is 9.75. The van der Waals surface area contributed by atoms with Crippen LogP contribution in [0.4, 0.5) is 0 Å². The number of esters is 1. The third-order valence-electron chi connectivity index (χ3n) is 4.92. The monoisotopic (exact) mass is 407 g/mol. The molecule has 0 bridgehead atoms. The first-order chi connectivity index (χ1) is 14.5. The van der Waals surface area contributed by atoms with Crippen molar-refractivity contribution >= 4 is 5.97 Å². The maximum absolute atomic E-state index is 12.6. The van der Waals surface area contributed by atoms with E-state index < -0.39 is 17.4 Å². The van der Waals surface area contributed by atoms with Crippen LogP contribution in [-0.4, -0.2) is 29.8 Å². The number of pyridine rings is 1. The van der Waals surface area contributed by atoms with Gasteiger partial charge in [0, 0.05) is 23.6 Å². The number of methoxy groups -OCH3 is 1. The maximum atomic E-state index is 12.6. The minimum absolute atomic E-state index is 0.102. The molecule has 0 amide bonds. The highest BCUT2D eigenvalue weighted by Crippen LogP contribution is 2.37. The Kier molecular flexibility index (Phi) is 6.91. The molecule has 0 aliphatic heterocycles. The van der Waals surface area contributed by atoms with Crippen LogP contribution in [0.5, 0.6) is 11.5 Å². The summed E-state index contributed by atoms with van der Waals surface area (Å²) < 4.78 is 10.8. The van der Waals surface area contributed by atoms with E-state index in [1.54, 1.807) is 19.1 Å². The van der Waals surface area contributed by atoms with Crippen molar-refractivity contribution in [1.82, 2.24) is 4.98 Å². The number of aromatic nitrogens is 1. The molecule has 1 atom stereocenters. The number of aromatic amines is 1. The van der Waals surface area contributed by atoms with Gasteiger partial charge in [0.1, 0.15) is 11.5 Å². The van der Waals surface area contributed by atoms with Crippen LogP contribution in [0.2, 0.25) is 0 Å². The fraction of sp³-hybridized carbons (Fsp3) is 0.250. The summed E-state index contributed by atoms with van der Waals surface area (Å²) in [4.78, 5) is 27.5. The van der Waals surface area contributed by atoms with Gasteiger partial charge in [-0.3, -0.25) is 9.59 Å². The molecule has 3 rings (SSSR count). The summed E-state index contributed by atoms with van der Waals surface area (Å²) in [5, 5.41) is 10.5. The second-order valence-corrected chi connectivity index (χ2v) is 7.04. The lowest BCUT2D eigenvalue weighted by Crippen LogP contribution is -2.21. The van der Waals surface area contributed by atoms with E-state index in [0.717, 1.165) is 5.56 Å². The highest BCUT2D eigenvalue weighted by atomic mass is 16.5. The molecule has 2 aromatic carbocycles. The minimum atomic E-state index is -0.713. The van der Waals surface area contributed by atoms with E-state index in [1.165, 1.54) is 13.2 Å². The van der Waals surface area contributed by atoms with Gasteiger partial charge in [0.25, 0.3) is 5.56 Å². The molecule has 0 saturated carbocycles. The zero-order valence-electron chi connectivity index (χ0n) is 17.1. The van der Waals surface area contributed by atoms with Crippen LogP contribution in [0.3, 0.4) is 0 Å². The van der Waals surface area contributed by atoms with Gasteiger partial charge in [-0.1, -0.05) is 48.5 Å². The number of carbonyl (C=O) groups is 1. The van der Waals surface area contributed by atoms with E-state index in [0.29, 0.717) is 30.0 Å². The van der Waals surface area contributed by atoms with E-state index in [9.17, 15) is 14.7 Å². The van der Waals surface area contributed by atoms with Gasteiger partial charge in [-0.25, -0.2) is 0 Å². The SMILES string of the molecule is COC(=O)C[C@@H](c1ccccc1OCCc1ccccc1)c1c(O)cc(C)[nH]c1=O. The van der Waals surface area contributed by atoms with E-state index in [-0.39, 0.29) is 17.7 Å². The van der Waals surface area contributed by atoms with E-state index >= 15 is 0 Å². The summed E-state index contributed by atoms with van der Waals surface area (Å²) in [5.74, 6) is -0.806. The standard InChI is InChI=1S/C24H25NO5/c1-16-14-20(26)23(24(28)25-16)19(15-22(27)29-2)18-10-6-7-11-21(18)30-13-12-17-8-4-3-5-9-17/h3-11,14,19H,12-13,15H2,1-2H3,(H2,25,26,28)/t19-/m0/s1. The van der Waals surface area contributed by atoms with Crippen molar-refractivity contribution in [3.05, 3.63) is 93.4 Å². The molecule has 0 unspecified atom stereocenters. The van der Waals surface area contributed by atoms with Crippen LogP contribution < -0.4 is 10.3 Å². The molecule has 0 aliphatic carbocycles.